The van der Waals surface area contributed by atoms with E-state index < -0.39 is 0 Å². The van der Waals surface area contributed by atoms with Crippen LogP contribution in [0.5, 0.6) is 0 Å². The van der Waals surface area contributed by atoms with Crippen LogP contribution in [0.25, 0.3) is 0 Å². The van der Waals surface area contributed by atoms with Gasteiger partial charge in [-0.25, -0.2) is 0 Å². The molecule has 1 aromatic heterocycles. The van der Waals surface area contributed by atoms with Gasteiger partial charge in [0.25, 0.3) is 0 Å². The lowest BCUT2D eigenvalue weighted by Gasteiger charge is -2.34. The SMILES string of the molecule is Cn1c([C@@H]2CCCN(C(=O)C3CCCCCC3)C2)n[nH]c1=S. The van der Waals surface area contributed by atoms with Gasteiger partial charge in [0, 0.05) is 32.0 Å². The third-order valence-corrected chi connectivity index (χ3v) is 5.58. The van der Waals surface area contributed by atoms with Crippen molar-refractivity contribution >= 4 is 18.1 Å². The number of hydrogen-bond acceptors (Lipinski definition) is 3. The van der Waals surface area contributed by atoms with Gasteiger partial charge in [0.15, 0.2) is 4.77 Å². The highest BCUT2D eigenvalue weighted by Crippen LogP contribution is 2.29. The van der Waals surface area contributed by atoms with Crippen molar-refractivity contribution in [2.24, 2.45) is 13.0 Å². The molecule has 2 heterocycles. The summed E-state index contributed by atoms with van der Waals surface area (Å²) >= 11 is 5.21. The van der Waals surface area contributed by atoms with Crippen molar-refractivity contribution in [3.8, 4) is 0 Å². The van der Waals surface area contributed by atoms with Gasteiger partial charge in [0.05, 0.1) is 0 Å². The van der Waals surface area contributed by atoms with Gasteiger partial charge in [0.2, 0.25) is 5.91 Å². The molecule has 22 heavy (non-hydrogen) atoms. The van der Waals surface area contributed by atoms with Crippen molar-refractivity contribution in [1.82, 2.24) is 19.7 Å². The quantitative estimate of drug-likeness (QED) is 0.672. The first-order chi connectivity index (χ1) is 10.7. The van der Waals surface area contributed by atoms with Gasteiger partial charge in [-0.2, -0.15) is 5.10 Å². The third kappa shape index (κ3) is 3.26. The number of carbonyl (C=O) groups excluding carboxylic acids is 1. The fourth-order valence-corrected chi connectivity index (χ4v) is 4.04. The Morgan fingerprint density at radius 2 is 1.91 bits per heavy atom. The summed E-state index contributed by atoms with van der Waals surface area (Å²) < 4.78 is 2.60. The summed E-state index contributed by atoms with van der Waals surface area (Å²) in [5.74, 6) is 1.93. The highest BCUT2D eigenvalue weighted by Gasteiger charge is 2.31. The van der Waals surface area contributed by atoms with Crippen molar-refractivity contribution < 1.29 is 4.79 Å². The van der Waals surface area contributed by atoms with Crippen LogP contribution in [0.15, 0.2) is 0 Å². The van der Waals surface area contributed by atoms with E-state index in [2.05, 4.69) is 15.1 Å². The molecule has 0 unspecified atom stereocenters. The third-order valence-electron chi connectivity index (χ3n) is 5.22. The van der Waals surface area contributed by atoms with Crippen LogP contribution in [0.2, 0.25) is 0 Å². The van der Waals surface area contributed by atoms with Gasteiger partial charge in [0.1, 0.15) is 5.82 Å². The minimum Gasteiger partial charge on any atom is -0.342 e. The Morgan fingerprint density at radius 3 is 2.55 bits per heavy atom. The lowest BCUT2D eigenvalue weighted by molar-refractivity contribution is -0.137. The Hall–Kier alpha value is -1.17. The standard InChI is InChI=1S/C16H26N4OS/c1-19-14(17-18-16(19)22)13-9-6-10-20(11-13)15(21)12-7-4-2-3-5-8-12/h12-13H,2-11H2,1H3,(H,18,22)/t13-/m1/s1. The molecule has 6 heteroatoms. The van der Waals surface area contributed by atoms with E-state index >= 15 is 0 Å². The van der Waals surface area contributed by atoms with Gasteiger partial charge in [-0.3, -0.25) is 9.89 Å². The summed E-state index contributed by atoms with van der Waals surface area (Å²) in [4.78, 5) is 14.9. The molecule has 1 N–H and O–H groups in total. The van der Waals surface area contributed by atoms with Gasteiger partial charge in [-0.15, -0.1) is 0 Å². The number of amides is 1. The Morgan fingerprint density at radius 1 is 1.18 bits per heavy atom. The van der Waals surface area contributed by atoms with Gasteiger partial charge in [-0.05, 0) is 37.9 Å². The van der Waals surface area contributed by atoms with Crippen molar-refractivity contribution in [3.05, 3.63) is 10.6 Å². The zero-order chi connectivity index (χ0) is 15.5. The number of rotatable bonds is 2. The van der Waals surface area contributed by atoms with E-state index in [4.69, 9.17) is 12.2 Å². The maximum absolute atomic E-state index is 12.8. The smallest absolute Gasteiger partial charge is 0.225 e. The van der Waals surface area contributed by atoms with Crippen LogP contribution in [-0.4, -0.2) is 38.7 Å². The zero-order valence-electron chi connectivity index (χ0n) is 13.4. The van der Waals surface area contributed by atoms with Crippen LogP contribution < -0.4 is 0 Å². The van der Waals surface area contributed by atoms with Crippen LogP contribution in [0.3, 0.4) is 0 Å². The topological polar surface area (TPSA) is 53.9 Å². The Kier molecular flexibility index (Phi) is 4.96. The first-order valence-corrected chi connectivity index (χ1v) is 8.97. The number of aromatic amines is 1. The monoisotopic (exact) mass is 322 g/mol. The molecule has 3 rings (SSSR count). The molecule has 0 bridgehead atoms. The van der Waals surface area contributed by atoms with Crippen molar-refractivity contribution in [1.29, 1.82) is 0 Å². The molecule has 2 fully saturated rings. The average Bonchev–Trinajstić information content (AvgIpc) is 2.75. The summed E-state index contributed by atoms with van der Waals surface area (Å²) in [6, 6.07) is 0. The fraction of sp³-hybridized carbons (Fsp3) is 0.812. The summed E-state index contributed by atoms with van der Waals surface area (Å²) in [5, 5.41) is 7.23. The van der Waals surface area contributed by atoms with Crippen molar-refractivity contribution in [2.45, 2.75) is 57.3 Å². The van der Waals surface area contributed by atoms with Gasteiger partial charge in [-0.1, -0.05) is 25.7 Å². The molecule has 1 saturated carbocycles. The number of likely N-dealkylation sites (tertiary alicyclic amines) is 1. The van der Waals surface area contributed by atoms with Crippen LogP contribution in [0, 0.1) is 10.7 Å². The molecule has 0 radical (unpaired) electrons. The minimum atomic E-state index is 0.253. The van der Waals surface area contributed by atoms with E-state index in [1.165, 1.54) is 25.7 Å². The molecular weight excluding hydrogens is 296 g/mol. The molecule has 1 aliphatic heterocycles. The maximum atomic E-state index is 12.8. The first-order valence-electron chi connectivity index (χ1n) is 8.57. The maximum Gasteiger partial charge on any atom is 0.225 e. The lowest BCUT2D eigenvalue weighted by atomic mass is 9.93. The second-order valence-electron chi connectivity index (χ2n) is 6.76. The molecule has 0 aromatic carbocycles. The Bertz CT molecular complexity index is 571. The zero-order valence-corrected chi connectivity index (χ0v) is 14.2. The van der Waals surface area contributed by atoms with Crippen molar-refractivity contribution in [2.75, 3.05) is 13.1 Å². The molecule has 1 saturated heterocycles. The molecule has 1 atom stereocenters. The van der Waals surface area contributed by atoms with Crippen LogP contribution >= 0.6 is 12.2 Å². The molecule has 122 valence electrons. The summed E-state index contributed by atoms with van der Waals surface area (Å²) in [7, 11) is 1.95. The van der Waals surface area contributed by atoms with Gasteiger partial charge >= 0.3 is 0 Å². The number of aromatic nitrogens is 3. The largest absolute Gasteiger partial charge is 0.342 e. The number of nitrogens with one attached hydrogen (secondary N) is 1. The number of H-pyrrole nitrogens is 1. The van der Waals surface area contributed by atoms with Crippen LogP contribution in [0.4, 0.5) is 0 Å². The Balaban J connectivity index is 1.68. The Labute approximate surface area is 137 Å². The van der Waals surface area contributed by atoms with Gasteiger partial charge < -0.3 is 9.47 Å². The summed E-state index contributed by atoms with van der Waals surface area (Å²) in [5.41, 5.74) is 0. The number of carbonyl (C=O) groups is 1. The fourth-order valence-electron chi connectivity index (χ4n) is 3.90. The highest BCUT2D eigenvalue weighted by atomic mass is 32.1. The van der Waals surface area contributed by atoms with Crippen LogP contribution in [-0.2, 0) is 11.8 Å². The number of piperidine rings is 1. The molecule has 1 aromatic rings. The van der Waals surface area contributed by atoms with E-state index in [0.717, 1.165) is 44.6 Å². The molecule has 0 spiro atoms. The second-order valence-corrected chi connectivity index (χ2v) is 7.14. The molecule has 1 amide bonds. The van der Waals surface area contributed by atoms with E-state index in [0.29, 0.717) is 16.6 Å². The first kappa shape index (κ1) is 15.7. The molecule has 5 nitrogen and oxygen atoms in total. The summed E-state index contributed by atoms with van der Waals surface area (Å²) in [6.07, 6.45) is 9.29. The average molecular weight is 322 g/mol. The highest BCUT2D eigenvalue weighted by molar-refractivity contribution is 7.71. The predicted octanol–water partition coefficient (Wildman–Crippen LogP) is 3.15. The minimum absolute atomic E-state index is 0.253. The van der Waals surface area contributed by atoms with E-state index in [1.54, 1.807) is 0 Å². The summed E-state index contributed by atoms with van der Waals surface area (Å²) in [6.45, 7) is 1.70. The van der Waals surface area contributed by atoms with E-state index in [9.17, 15) is 4.79 Å². The molecule has 2 aliphatic rings. The number of hydrogen-bond donors (Lipinski definition) is 1. The van der Waals surface area contributed by atoms with Crippen LogP contribution in [0.1, 0.15) is 63.1 Å². The normalized spacial score (nSPS) is 24.2. The van der Waals surface area contributed by atoms with E-state index in [-0.39, 0.29) is 5.92 Å². The number of nitrogens with zero attached hydrogens (tertiary/aromatic N) is 3. The molecule has 1 aliphatic carbocycles. The van der Waals surface area contributed by atoms with E-state index in [1.807, 2.05) is 11.6 Å². The molecular formula is C16H26N4OS. The van der Waals surface area contributed by atoms with Crippen molar-refractivity contribution in [3.63, 3.8) is 0 Å². The lowest BCUT2D eigenvalue weighted by Crippen LogP contribution is -2.42. The predicted molar refractivity (Wildman–Crippen MR) is 88.1 cm³/mol. The second kappa shape index (κ2) is 6.94.